The Morgan fingerprint density at radius 2 is 2.07 bits per heavy atom. The van der Waals surface area contributed by atoms with E-state index in [0.717, 1.165) is 19.5 Å². The number of rotatable bonds is 1. The van der Waals surface area contributed by atoms with Crippen molar-refractivity contribution >= 4 is 48.3 Å². The van der Waals surface area contributed by atoms with E-state index in [0.29, 0.717) is 5.13 Å². The number of nitrogen functional groups attached to an aromatic ring is 1. The fourth-order valence-electron chi connectivity index (χ4n) is 1.13. The van der Waals surface area contributed by atoms with E-state index in [4.69, 9.17) is 5.73 Å². The number of hydrogen-bond acceptors (Lipinski definition) is 3. The Labute approximate surface area is 102 Å². The summed E-state index contributed by atoms with van der Waals surface area (Å²) in [6.45, 7) is 0. The second-order valence-electron chi connectivity index (χ2n) is 2.68. The van der Waals surface area contributed by atoms with Gasteiger partial charge in [0.15, 0.2) is 5.13 Å². The van der Waals surface area contributed by atoms with E-state index in [9.17, 15) is 0 Å². The zero-order valence-electron chi connectivity index (χ0n) is 7.00. The van der Waals surface area contributed by atoms with Gasteiger partial charge in [0.1, 0.15) is 0 Å². The molecular weight excluding hydrogens is 328 g/mol. The van der Waals surface area contributed by atoms with Gasteiger partial charge in [-0.2, -0.15) is 0 Å². The summed E-state index contributed by atoms with van der Waals surface area (Å²) in [7, 11) is 0. The lowest BCUT2D eigenvalue weighted by Crippen LogP contribution is -1.83. The predicted octanol–water partition coefficient (Wildman–Crippen LogP) is 3.92. The van der Waals surface area contributed by atoms with Crippen molar-refractivity contribution in [2.45, 2.75) is 0 Å². The molecule has 0 atom stereocenters. The summed E-state index contributed by atoms with van der Waals surface area (Å²) in [6, 6.07) is 7.97. The summed E-state index contributed by atoms with van der Waals surface area (Å²) in [6.07, 6.45) is 0. The van der Waals surface area contributed by atoms with Gasteiger partial charge >= 0.3 is 0 Å². The lowest BCUT2D eigenvalue weighted by atomic mass is 10.2. The van der Waals surface area contributed by atoms with E-state index < -0.39 is 0 Å². The third-order valence-corrected chi connectivity index (χ3v) is 3.73. The molecule has 1 aromatic carbocycles. The monoisotopic (exact) mass is 332 g/mol. The second kappa shape index (κ2) is 4.00. The molecule has 1 heterocycles. The first kappa shape index (κ1) is 10.1. The molecule has 0 unspecified atom stereocenters. The maximum absolute atomic E-state index is 5.62. The van der Waals surface area contributed by atoms with Gasteiger partial charge in [-0.15, -0.1) is 0 Å². The number of halogens is 2. The molecule has 0 saturated carbocycles. The maximum Gasteiger partial charge on any atom is 0.181 e. The Bertz CT molecular complexity index is 468. The van der Waals surface area contributed by atoms with Gasteiger partial charge in [0.05, 0.1) is 9.48 Å². The molecule has 0 aliphatic carbocycles. The number of thiazole rings is 1. The number of benzene rings is 1. The minimum atomic E-state index is 0.576. The highest BCUT2D eigenvalue weighted by Gasteiger charge is 2.08. The summed E-state index contributed by atoms with van der Waals surface area (Å²) in [4.78, 5) is 4.25. The minimum Gasteiger partial charge on any atom is -0.375 e. The molecule has 0 saturated heterocycles. The van der Waals surface area contributed by atoms with Gasteiger partial charge in [-0.25, -0.2) is 4.98 Å². The van der Waals surface area contributed by atoms with E-state index in [-0.39, 0.29) is 0 Å². The Morgan fingerprint density at radius 1 is 1.29 bits per heavy atom. The van der Waals surface area contributed by atoms with Gasteiger partial charge in [-0.3, -0.25) is 0 Å². The van der Waals surface area contributed by atoms with Gasteiger partial charge < -0.3 is 5.73 Å². The van der Waals surface area contributed by atoms with E-state index in [1.165, 1.54) is 11.3 Å². The first-order valence-corrected chi connectivity index (χ1v) is 6.25. The van der Waals surface area contributed by atoms with Crippen molar-refractivity contribution < 1.29 is 0 Å². The molecule has 0 aliphatic rings. The molecule has 0 aliphatic heterocycles. The van der Waals surface area contributed by atoms with Crippen molar-refractivity contribution in [3.8, 4) is 11.3 Å². The molecule has 0 radical (unpaired) electrons. The van der Waals surface area contributed by atoms with E-state index in [1.807, 2.05) is 24.3 Å². The zero-order chi connectivity index (χ0) is 10.1. The molecular formula is C9H6Br2N2S. The highest BCUT2D eigenvalue weighted by Crippen LogP contribution is 2.34. The Kier molecular flexibility index (Phi) is 2.90. The van der Waals surface area contributed by atoms with Gasteiger partial charge in [-0.1, -0.05) is 39.4 Å². The predicted molar refractivity (Wildman–Crippen MR) is 67.4 cm³/mol. The molecule has 5 heteroatoms. The van der Waals surface area contributed by atoms with Gasteiger partial charge in [0.2, 0.25) is 0 Å². The topological polar surface area (TPSA) is 38.9 Å². The number of hydrogen-bond donors (Lipinski definition) is 1. The molecule has 2 N–H and O–H groups in total. The SMILES string of the molecule is Nc1nc(-c2cccc(Br)c2)c(Br)s1. The lowest BCUT2D eigenvalue weighted by Gasteiger charge is -1.97. The second-order valence-corrected chi connectivity index (χ2v) is 5.95. The minimum absolute atomic E-state index is 0.576. The van der Waals surface area contributed by atoms with Crippen LogP contribution in [0, 0.1) is 0 Å². The van der Waals surface area contributed by atoms with Crippen LogP contribution in [0.4, 0.5) is 5.13 Å². The smallest absolute Gasteiger partial charge is 0.181 e. The molecule has 14 heavy (non-hydrogen) atoms. The first-order valence-electron chi connectivity index (χ1n) is 3.84. The van der Waals surface area contributed by atoms with Crippen LogP contribution in [0.25, 0.3) is 11.3 Å². The highest BCUT2D eigenvalue weighted by molar-refractivity contribution is 9.11. The maximum atomic E-state index is 5.62. The van der Waals surface area contributed by atoms with Crippen molar-refractivity contribution in [3.63, 3.8) is 0 Å². The summed E-state index contributed by atoms with van der Waals surface area (Å²) in [5.41, 5.74) is 7.57. The fourth-order valence-corrected chi connectivity index (χ4v) is 2.93. The Morgan fingerprint density at radius 3 is 2.64 bits per heavy atom. The van der Waals surface area contributed by atoms with Crippen molar-refractivity contribution in [2.24, 2.45) is 0 Å². The molecule has 2 rings (SSSR count). The zero-order valence-corrected chi connectivity index (χ0v) is 11.0. The van der Waals surface area contributed by atoms with Crippen LogP contribution in [-0.2, 0) is 0 Å². The van der Waals surface area contributed by atoms with Crippen LogP contribution < -0.4 is 5.73 Å². The molecule has 0 fully saturated rings. The van der Waals surface area contributed by atoms with E-state index in [2.05, 4.69) is 36.8 Å². The van der Waals surface area contributed by atoms with Crippen LogP contribution in [0.2, 0.25) is 0 Å². The third-order valence-electron chi connectivity index (χ3n) is 1.70. The Balaban J connectivity index is 2.54. The average molecular weight is 334 g/mol. The summed E-state index contributed by atoms with van der Waals surface area (Å²) >= 11 is 8.30. The van der Waals surface area contributed by atoms with Crippen LogP contribution in [0.1, 0.15) is 0 Å². The molecule has 0 bridgehead atoms. The quantitative estimate of drug-likeness (QED) is 0.859. The Hall–Kier alpha value is -0.390. The number of anilines is 1. The van der Waals surface area contributed by atoms with Crippen LogP contribution in [0.5, 0.6) is 0 Å². The molecule has 1 aromatic heterocycles. The van der Waals surface area contributed by atoms with Gasteiger partial charge in [0.25, 0.3) is 0 Å². The van der Waals surface area contributed by atoms with Gasteiger partial charge in [0, 0.05) is 10.0 Å². The van der Waals surface area contributed by atoms with Crippen molar-refractivity contribution in [3.05, 3.63) is 32.5 Å². The average Bonchev–Trinajstić information content (AvgIpc) is 2.45. The summed E-state index contributed by atoms with van der Waals surface area (Å²) in [5, 5.41) is 0.576. The van der Waals surface area contributed by atoms with E-state index >= 15 is 0 Å². The number of aromatic nitrogens is 1. The molecule has 2 nitrogen and oxygen atoms in total. The largest absolute Gasteiger partial charge is 0.375 e. The fraction of sp³-hybridized carbons (Fsp3) is 0. The van der Waals surface area contributed by atoms with Crippen LogP contribution >= 0.6 is 43.2 Å². The summed E-state index contributed by atoms with van der Waals surface area (Å²) < 4.78 is 2.00. The van der Waals surface area contributed by atoms with E-state index in [1.54, 1.807) is 0 Å². The highest BCUT2D eigenvalue weighted by atomic mass is 79.9. The molecule has 0 spiro atoms. The third kappa shape index (κ3) is 1.99. The van der Waals surface area contributed by atoms with Crippen molar-refractivity contribution in [2.75, 3.05) is 5.73 Å². The molecule has 0 amide bonds. The van der Waals surface area contributed by atoms with Gasteiger partial charge in [-0.05, 0) is 28.1 Å². The number of nitrogens with zero attached hydrogens (tertiary/aromatic N) is 1. The standard InChI is InChI=1S/C9H6Br2N2S/c10-6-3-1-2-5(4-6)7-8(11)14-9(12)13-7/h1-4H,(H2,12,13). The van der Waals surface area contributed by atoms with Crippen LogP contribution in [-0.4, -0.2) is 4.98 Å². The van der Waals surface area contributed by atoms with Crippen molar-refractivity contribution in [1.82, 2.24) is 4.98 Å². The molecule has 72 valence electrons. The first-order chi connectivity index (χ1) is 6.66. The van der Waals surface area contributed by atoms with Crippen LogP contribution in [0.3, 0.4) is 0 Å². The lowest BCUT2D eigenvalue weighted by molar-refractivity contribution is 1.40. The van der Waals surface area contributed by atoms with Crippen molar-refractivity contribution in [1.29, 1.82) is 0 Å². The number of nitrogens with two attached hydrogens (primary N) is 1. The molecule has 2 aromatic rings. The summed E-state index contributed by atoms with van der Waals surface area (Å²) in [5.74, 6) is 0. The van der Waals surface area contributed by atoms with Crippen LogP contribution in [0.15, 0.2) is 32.5 Å². The normalized spacial score (nSPS) is 10.4.